The van der Waals surface area contributed by atoms with Gasteiger partial charge in [0.1, 0.15) is 11.0 Å². The molecule has 0 spiro atoms. The summed E-state index contributed by atoms with van der Waals surface area (Å²) in [7, 11) is 0. The summed E-state index contributed by atoms with van der Waals surface area (Å²) >= 11 is 6.01. The molecule has 0 atom stereocenters. The number of hydrogen-bond acceptors (Lipinski definition) is 4. The predicted molar refractivity (Wildman–Crippen MR) is 84.2 cm³/mol. The Morgan fingerprint density at radius 2 is 1.95 bits per heavy atom. The summed E-state index contributed by atoms with van der Waals surface area (Å²) in [6.45, 7) is 3.96. The van der Waals surface area contributed by atoms with Crippen LogP contribution in [0.4, 0.5) is 5.82 Å². The smallest absolute Gasteiger partial charge is 0.239 e. The van der Waals surface area contributed by atoms with E-state index in [9.17, 15) is 4.79 Å². The lowest BCUT2D eigenvalue weighted by atomic mass is 10.2. The molecule has 5 nitrogen and oxygen atoms in total. The number of carbonyl (C=O) groups excluding carboxylic acids is 1. The maximum Gasteiger partial charge on any atom is 0.239 e. The van der Waals surface area contributed by atoms with Gasteiger partial charge in [-0.2, -0.15) is 0 Å². The van der Waals surface area contributed by atoms with Crippen LogP contribution in [0.25, 0.3) is 11.4 Å². The van der Waals surface area contributed by atoms with E-state index in [4.69, 9.17) is 11.6 Å². The molecule has 2 aromatic rings. The van der Waals surface area contributed by atoms with Crippen LogP contribution in [-0.2, 0) is 4.79 Å². The number of carbonyl (C=O) groups is 1. The van der Waals surface area contributed by atoms with Crippen molar-refractivity contribution in [1.82, 2.24) is 15.3 Å². The quantitative estimate of drug-likeness (QED) is 0.834. The fourth-order valence-corrected chi connectivity index (χ4v) is 1.95. The van der Waals surface area contributed by atoms with Crippen molar-refractivity contribution in [2.24, 2.45) is 0 Å². The van der Waals surface area contributed by atoms with Gasteiger partial charge in [0, 0.05) is 17.7 Å². The van der Waals surface area contributed by atoms with Crippen molar-refractivity contribution in [2.75, 3.05) is 11.9 Å². The van der Waals surface area contributed by atoms with Gasteiger partial charge in [0.15, 0.2) is 5.82 Å². The van der Waals surface area contributed by atoms with Crippen LogP contribution in [0.3, 0.4) is 0 Å². The van der Waals surface area contributed by atoms with Crippen LogP contribution >= 0.6 is 11.6 Å². The van der Waals surface area contributed by atoms with Gasteiger partial charge in [0.25, 0.3) is 0 Å². The van der Waals surface area contributed by atoms with Crippen LogP contribution in [0.1, 0.15) is 13.8 Å². The highest BCUT2D eigenvalue weighted by molar-refractivity contribution is 6.29. The summed E-state index contributed by atoms with van der Waals surface area (Å²) in [6.07, 6.45) is 0. The van der Waals surface area contributed by atoms with Crippen molar-refractivity contribution in [3.05, 3.63) is 41.6 Å². The van der Waals surface area contributed by atoms with E-state index in [1.807, 2.05) is 44.2 Å². The van der Waals surface area contributed by atoms with Crippen LogP contribution in [0, 0.1) is 0 Å². The van der Waals surface area contributed by atoms with E-state index < -0.39 is 0 Å². The monoisotopic (exact) mass is 304 g/mol. The molecule has 0 saturated heterocycles. The molecule has 1 aromatic carbocycles. The predicted octanol–water partition coefficient (Wildman–Crippen LogP) is 2.73. The average molecular weight is 305 g/mol. The van der Waals surface area contributed by atoms with Crippen LogP contribution in [-0.4, -0.2) is 28.5 Å². The molecule has 0 aliphatic rings. The van der Waals surface area contributed by atoms with Crippen molar-refractivity contribution in [3.8, 4) is 11.4 Å². The molecule has 2 N–H and O–H groups in total. The first-order valence-corrected chi connectivity index (χ1v) is 7.05. The summed E-state index contributed by atoms with van der Waals surface area (Å²) in [5.74, 6) is 0.948. The topological polar surface area (TPSA) is 66.9 Å². The molecule has 0 unspecified atom stereocenters. The van der Waals surface area contributed by atoms with Crippen molar-refractivity contribution in [3.63, 3.8) is 0 Å². The third kappa shape index (κ3) is 4.72. The number of aromatic nitrogens is 2. The first-order chi connectivity index (χ1) is 10.0. The zero-order valence-corrected chi connectivity index (χ0v) is 12.7. The summed E-state index contributed by atoms with van der Waals surface area (Å²) < 4.78 is 0. The molecule has 0 aliphatic heterocycles. The Morgan fingerprint density at radius 1 is 1.24 bits per heavy atom. The number of anilines is 1. The molecule has 6 heteroatoms. The fourth-order valence-electron chi connectivity index (χ4n) is 1.77. The Morgan fingerprint density at radius 3 is 2.62 bits per heavy atom. The highest BCUT2D eigenvalue weighted by Gasteiger charge is 2.07. The van der Waals surface area contributed by atoms with Crippen molar-refractivity contribution in [2.45, 2.75) is 19.9 Å². The molecule has 0 saturated carbocycles. The first-order valence-electron chi connectivity index (χ1n) is 6.68. The second kappa shape index (κ2) is 7.04. The molecule has 2 rings (SSSR count). The van der Waals surface area contributed by atoms with Crippen molar-refractivity contribution < 1.29 is 4.79 Å². The van der Waals surface area contributed by atoms with Gasteiger partial charge in [-0.3, -0.25) is 4.79 Å². The fraction of sp³-hybridized carbons (Fsp3) is 0.267. The van der Waals surface area contributed by atoms with E-state index in [-0.39, 0.29) is 18.5 Å². The lowest BCUT2D eigenvalue weighted by Gasteiger charge is -2.10. The minimum absolute atomic E-state index is 0.0963. The zero-order valence-electron chi connectivity index (χ0n) is 11.9. The number of halogens is 1. The summed E-state index contributed by atoms with van der Waals surface area (Å²) in [5.41, 5.74) is 0.870. The molecule has 1 heterocycles. The Bertz CT molecular complexity index is 616. The second-order valence-corrected chi connectivity index (χ2v) is 5.23. The maximum absolute atomic E-state index is 11.6. The number of nitrogens with zero attached hydrogens (tertiary/aromatic N) is 2. The van der Waals surface area contributed by atoms with Crippen LogP contribution in [0.5, 0.6) is 0 Å². The number of rotatable bonds is 5. The molecular weight excluding hydrogens is 288 g/mol. The summed E-state index contributed by atoms with van der Waals surface area (Å²) in [4.78, 5) is 20.2. The number of amides is 1. The minimum atomic E-state index is -0.0963. The molecule has 0 aliphatic carbocycles. The van der Waals surface area contributed by atoms with Gasteiger partial charge in [-0.1, -0.05) is 41.9 Å². The molecular formula is C15H17ClN4O. The number of benzene rings is 1. The third-order valence-corrected chi connectivity index (χ3v) is 2.80. The largest absolute Gasteiger partial charge is 0.361 e. The number of nitrogens with one attached hydrogen (secondary N) is 2. The maximum atomic E-state index is 11.6. The average Bonchev–Trinajstić information content (AvgIpc) is 2.45. The van der Waals surface area contributed by atoms with Crippen molar-refractivity contribution >= 4 is 23.3 Å². The highest BCUT2D eigenvalue weighted by atomic mass is 35.5. The Labute approximate surface area is 128 Å². The highest BCUT2D eigenvalue weighted by Crippen LogP contribution is 2.19. The summed E-state index contributed by atoms with van der Waals surface area (Å²) in [6, 6.07) is 11.2. The molecule has 0 fully saturated rings. The van der Waals surface area contributed by atoms with Gasteiger partial charge in [0.05, 0.1) is 6.54 Å². The molecule has 110 valence electrons. The minimum Gasteiger partial charge on any atom is -0.361 e. The van der Waals surface area contributed by atoms with E-state index in [1.54, 1.807) is 6.07 Å². The van der Waals surface area contributed by atoms with E-state index in [0.29, 0.717) is 16.8 Å². The molecule has 1 amide bonds. The third-order valence-electron chi connectivity index (χ3n) is 2.61. The number of hydrogen-bond donors (Lipinski definition) is 2. The van der Waals surface area contributed by atoms with E-state index in [0.717, 1.165) is 5.56 Å². The lowest BCUT2D eigenvalue weighted by Crippen LogP contribution is -2.35. The van der Waals surface area contributed by atoms with Crippen LogP contribution in [0.15, 0.2) is 36.4 Å². The van der Waals surface area contributed by atoms with E-state index in [1.165, 1.54) is 0 Å². The van der Waals surface area contributed by atoms with E-state index >= 15 is 0 Å². The van der Waals surface area contributed by atoms with Gasteiger partial charge in [0.2, 0.25) is 5.91 Å². The molecule has 0 bridgehead atoms. The van der Waals surface area contributed by atoms with Crippen molar-refractivity contribution in [1.29, 1.82) is 0 Å². The Hall–Kier alpha value is -2.14. The molecule has 21 heavy (non-hydrogen) atoms. The SMILES string of the molecule is CC(C)NC(=O)CNc1cc(Cl)nc(-c2ccccc2)n1. The van der Waals surface area contributed by atoms with Crippen LogP contribution < -0.4 is 10.6 Å². The standard InChI is InChI=1S/C15H17ClN4O/c1-10(2)18-14(21)9-17-13-8-12(16)19-15(20-13)11-6-4-3-5-7-11/h3-8,10H,9H2,1-2H3,(H,18,21)(H,17,19,20). The van der Waals surface area contributed by atoms with Gasteiger partial charge < -0.3 is 10.6 Å². The Balaban J connectivity index is 2.11. The van der Waals surface area contributed by atoms with Gasteiger partial charge >= 0.3 is 0 Å². The van der Waals surface area contributed by atoms with Crippen LogP contribution in [0.2, 0.25) is 5.15 Å². The zero-order chi connectivity index (χ0) is 15.2. The first kappa shape index (κ1) is 15.3. The molecule has 0 radical (unpaired) electrons. The van der Waals surface area contributed by atoms with Gasteiger partial charge in [-0.15, -0.1) is 0 Å². The molecule has 1 aromatic heterocycles. The lowest BCUT2D eigenvalue weighted by molar-refractivity contribution is -0.119. The normalized spacial score (nSPS) is 10.5. The second-order valence-electron chi connectivity index (χ2n) is 4.84. The summed E-state index contributed by atoms with van der Waals surface area (Å²) in [5, 5.41) is 6.08. The van der Waals surface area contributed by atoms with Gasteiger partial charge in [-0.05, 0) is 13.8 Å². The van der Waals surface area contributed by atoms with E-state index in [2.05, 4.69) is 20.6 Å². The Kier molecular flexibility index (Phi) is 5.11. The van der Waals surface area contributed by atoms with Gasteiger partial charge in [-0.25, -0.2) is 9.97 Å².